The van der Waals surface area contributed by atoms with E-state index in [4.69, 9.17) is 4.74 Å². The normalized spacial score (nSPS) is 11.2. The van der Waals surface area contributed by atoms with Crippen molar-refractivity contribution in [3.8, 4) is 5.75 Å². The molecule has 0 N–H and O–H groups in total. The Hall–Kier alpha value is -1.87. The van der Waals surface area contributed by atoms with Crippen molar-refractivity contribution in [2.75, 3.05) is 0 Å². The van der Waals surface area contributed by atoms with Crippen molar-refractivity contribution in [3.63, 3.8) is 0 Å². The number of hydrogen-bond donors (Lipinski definition) is 0. The van der Waals surface area contributed by atoms with E-state index in [1.54, 1.807) is 11.1 Å². The molecule has 0 saturated heterocycles. The summed E-state index contributed by atoms with van der Waals surface area (Å²) in [5, 5.41) is 0. The minimum Gasteiger partial charge on any atom is -0.455 e. The Morgan fingerprint density at radius 1 is 1.16 bits per heavy atom. The van der Waals surface area contributed by atoms with Gasteiger partial charge < -0.3 is 4.74 Å². The third kappa shape index (κ3) is 3.32. The van der Waals surface area contributed by atoms with Crippen molar-refractivity contribution in [1.29, 1.82) is 0 Å². The molecule has 0 saturated carbocycles. The van der Waals surface area contributed by atoms with Gasteiger partial charge in [-0.2, -0.15) is 0 Å². The third-order valence-corrected chi connectivity index (χ3v) is 3.09. The molecule has 0 unspecified atom stereocenters. The Balaban J connectivity index is 2.34. The largest absolute Gasteiger partial charge is 0.455 e. The predicted molar refractivity (Wildman–Crippen MR) is 80.5 cm³/mol. The van der Waals surface area contributed by atoms with Crippen molar-refractivity contribution in [2.45, 2.75) is 6.92 Å². The van der Waals surface area contributed by atoms with E-state index in [1.165, 1.54) is 0 Å². The number of rotatable bonds is 4. The summed E-state index contributed by atoms with van der Waals surface area (Å²) in [4.78, 5) is 12.7. The first kappa shape index (κ1) is 13.6. The number of benzene rings is 2. The van der Waals surface area contributed by atoms with Gasteiger partial charge in [-0.15, -0.1) is 0 Å². The minimum absolute atomic E-state index is 0.536. The molecule has 0 aliphatic carbocycles. The summed E-state index contributed by atoms with van der Waals surface area (Å²) in [6.07, 6.45) is 0.797. The van der Waals surface area contributed by atoms with E-state index in [9.17, 15) is 4.79 Å². The van der Waals surface area contributed by atoms with Crippen LogP contribution in [0.5, 0.6) is 5.75 Å². The highest BCUT2D eigenvalue weighted by Crippen LogP contribution is 2.25. The lowest BCUT2D eigenvalue weighted by molar-refractivity contribution is 0.112. The van der Waals surface area contributed by atoms with Gasteiger partial charge in [0.1, 0.15) is 11.5 Å². The zero-order valence-electron chi connectivity index (χ0n) is 10.5. The fourth-order valence-electron chi connectivity index (χ4n) is 1.69. The standard InChI is InChI=1S/C16H13BrO2/c1-12-7-8-14(11-18)15(9-12)19-16(10-17)13-5-3-2-4-6-13/h2-11H,1H3/b16-10-. The van der Waals surface area contributed by atoms with Crippen molar-refractivity contribution in [2.24, 2.45) is 0 Å². The lowest BCUT2D eigenvalue weighted by Gasteiger charge is -2.12. The quantitative estimate of drug-likeness (QED) is 0.609. The zero-order chi connectivity index (χ0) is 13.7. The SMILES string of the molecule is Cc1ccc(C=O)c(O/C(=C\Br)c2ccccc2)c1. The van der Waals surface area contributed by atoms with E-state index in [0.717, 1.165) is 17.4 Å². The highest BCUT2D eigenvalue weighted by Gasteiger charge is 2.08. The van der Waals surface area contributed by atoms with Crippen LogP contribution in [-0.4, -0.2) is 6.29 Å². The number of aryl methyl sites for hydroxylation is 1. The lowest BCUT2D eigenvalue weighted by Crippen LogP contribution is -1.97. The third-order valence-electron chi connectivity index (χ3n) is 2.67. The van der Waals surface area contributed by atoms with E-state index in [1.807, 2.05) is 49.4 Å². The van der Waals surface area contributed by atoms with Crippen LogP contribution in [0.1, 0.15) is 21.5 Å². The predicted octanol–water partition coefficient (Wildman–Crippen LogP) is 4.58. The highest BCUT2D eigenvalue weighted by atomic mass is 79.9. The van der Waals surface area contributed by atoms with E-state index in [-0.39, 0.29) is 0 Å². The Morgan fingerprint density at radius 2 is 1.89 bits per heavy atom. The van der Waals surface area contributed by atoms with E-state index < -0.39 is 0 Å². The Labute approximate surface area is 120 Å². The van der Waals surface area contributed by atoms with Gasteiger partial charge in [-0.1, -0.05) is 52.3 Å². The maximum atomic E-state index is 11.0. The first-order chi connectivity index (χ1) is 9.24. The van der Waals surface area contributed by atoms with Gasteiger partial charge in [-0.05, 0) is 24.6 Å². The molecule has 0 heterocycles. The van der Waals surface area contributed by atoms with Crippen LogP contribution in [0.2, 0.25) is 0 Å². The fourth-order valence-corrected chi connectivity index (χ4v) is 2.05. The average molecular weight is 317 g/mol. The number of carbonyl (C=O) groups excluding carboxylic acids is 1. The number of carbonyl (C=O) groups is 1. The summed E-state index contributed by atoms with van der Waals surface area (Å²) in [7, 11) is 0. The Bertz CT molecular complexity index is 603. The average Bonchev–Trinajstić information content (AvgIpc) is 2.46. The molecule has 96 valence electrons. The maximum Gasteiger partial charge on any atom is 0.153 e. The molecule has 2 nitrogen and oxygen atoms in total. The second-order valence-corrected chi connectivity index (χ2v) is 4.56. The van der Waals surface area contributed by atoms with Gasteiger partial charge >= 0.3 is 0 Å². The Morgan fingerprint density at radius 3 is 2.53 bits per heavy atom. The summed E-state index contributed by atoms with van der Waals surface area (Å²) in [5.74, 6) is 1.22. The molecule has 0 aliphatic rings. The molecule has 0 atom stereocenters. The van der Waals surface area contributed by atoms with Crippen molar-refractivity contribution in [3.05, 3.63) is 70.2 Å². The smallest absolute Gasteiger partial charge is 0.153 e. The Kier molecular flexibility index (Phi) is 4.53. The first-order valence-electron chi connectivity index (χ1n) is 5.84. The van der Waals surface area contributed by atoms with Crippen LogP contribution in [0.4, 0.5) is 0 Å². The van der Waals surface area contributed by atoms with Gasteiger partial charge in [-0.25, -0.2) is 0 Å². The molecule has 0 aromatic heterocycles. The molecule has 2 rings (SSSR count). The molecular formula is C16H13BrO2. The fraction of sp³-hybridized carbons (Fsp3) is 0.0625. The number of aldehydes is 1. The van der Waals surface area contributed by atoms with Crippen LogP contribution >= 0.6 is 15.9 Å². The molecule has 0 spiro atoms. The van der Waals surface area contributed by atoms with Crippen LogP contribution in [0.3, 0.4) is 0 Å². The van der Waals surface area contributed by atoms with Crippen molar-refractivity contribution < 1.29 is 9.53 Å². The first-order valence-corrected chi connectivity index (χ1v) is 6.75. The van der Waals surface area contributed by atoms with E-state index >= 15 is 0 Å². The molecule has 0 aliphatic heterocycles. The van der Waals surface area contributed by atoms with Gasteiger partial charge in [0.25, 0.3) is 0 Å². The van der Waals surface area contributed by atoms with Gasteiger partial charge in [0.2, 0.25) is 0 Å². The summed E-state index contributed by atoms with van der Waals surface area (Å²) in [5.41, 5.74) is 2.52. The molecular weight excluding hydrogens is 304 g/mol. The second kappa shape index (κ2) is 6.34. The summed E-state index contributed by atoms with van der Waals surface area (Å²) in [6.45, 7) is 1.96. The van der Waals surface area contributed by atoms with Crippen LogP contribution in [0.15, 0.2) is 53.5 Å². The summed E-state index contributed by atoms with van der Waals surface area (Å²) >= 11 is 3.30. The number of ether oxygens (including phenoxy) is 1. The van der Waals surface area contributed by atoms with Gasteiger partial charge in [0.15, 0.2) is 6.29 Å². The minimum atomic E-state index is 0.536. The molecule has 0 fully saturated rings. The maximum absolute atomic E-state index is 11.0. The molecule has 0 bridgehead atoms. The van der Waals surface area contributed by atoms with Crippen molar-refractivity contribution >= 4 is 28.0 Å². The van der Waals surface area contributed by atoms with Crippen molar-refractivity contribution in [1.82, 2.24) is 0 Å². The van der Waals surface area contributed by atoms with Crippen LogP contribution in [0.25, 0.3) is 5.76 Å². The van der Waals surface area contributed by atoms with E-state index in [2.05, 4.69) is 15.9 Å². The molecule has 3 heteroatoms. The van der Waals surface area contributed by atoms with E-state index in [0.29, 0.717) is 17.1 Å². The van der Waals surface area contributed by atoms with Gasteiger partial charge in [-0.3, -0.25) is 4.79 Å². The zero-order valence-corrected chi connectivity index (χ0v) is 12.1. The van der Waals surface area contributed by atoms with Crippen LogP contribution in [0, 0.1) is 6.92 Å². The topological polar surface area (TPSA) is 26.3 Å². The van der Waals surface area contributed by atoms with Gasteiger partial charge in [0.05, 0.1) is 5.56 Å². The summed E-state index contributed by atoms with van der Waals surface area (Å²) in [6, 6.07) is 15.2. The highest BCUT2D eigenvalue weighted by molar-refractivity contribution is 9.11. The summed E-state index contributed by atoms with van der Waals surface area (Å²) < 4.78 is 5.84. The van der Waals surface area contributed by atoms with Crippen LogP contribution < -0.4 is 4.74 Å². The number of halogens is 1. The molecule has 2 aromatic rings. The number of hydrogen-bond acceptors (Lipinski definition) is 2. The molecule has 19 heavy (non-hydrogen) atoms. The molecule has 2 aromatic carbocycles. The molecule has 0 radical (unpaired) electrons. The molecule has 0 amide bonds. The second-order valence-electron chi connectivity index (χ2n) is 4.10. The monoisotopic (exact) mass is 316 g/mol. The van der Waals surface area contributed by atoms with Crippen LogP contribution in [-0.2, 0) is 0 Å². The van der Waals surface area contributed by atoms with Gasteiger partial charge in [0, 0.05) is 10.5 Å². The lowest BCUT2D eigenvalue weighted by atomic mass is 10.1.